The molecule has 0 unspecified atom stereocenters. The van der Waals surface area contributed by atoms with Crippen LogP contribution in [-0.2, 0) is 11.3 Å². The van der Waals surface area contributed by atoms with E-state index >= 15 is 0 Å². The summed E-state index contributed by atoms with van der Waals surface area (Å²) in [5, 5.41) is 3.46. The van der Waals surface area contributed by atoms with Crippen LogP contribution >= 0.6 is 27.7 Å². The van der Waals surface area contributed by atoms with Gasteiger partial charge >= 0.3 is 0 Å². The number of amides is 1. The lowest BCUT2D eigenvalue weighted by Gasteiger charge is -2.03. The largest absolute Gasteiger partial charge is 0.496 e. The van der Waals surface area contributed by atoms with E-state index in [0.29, 0.717) is 16.6 Å². The van der Waals surface area contributed by atoms with Crippen LogP contribution in [0.25, 0.3) is 6.08 Å². The number of methoxy groups -OCH3 is 1. The number of hydrogen-bond donors (Lipinski definition) is 1. The van der Waals surface area contributed by atoms with Crippen LogP contribution in [0.15, 0.2) is 50.8 Å². The van der Waals surface area contributed by atoms with Gasteiger partial charge in [-0.25, -0.2) is 0 Å². The molecule has 1 saturated heterocycles. The van der Waals surface area contributed by atoms with Gasteiger partial charge in [0, 0.05) is 0 Å². The summed E-state index contributed by atoms with van der Waals surface area (Å²) in [6, 6.07) is 12.1. The van der Waals surface area contributed by atoms with Gasteiger partial charge in [-0.2, -0.15) is 0 Å². The van der Waals surface area contributed by atoms with E-state index in [4.69, 9.17) is 4.74 Å². The van der Waals surface area contributed by atoms with E-state index in [1.165, 1.54) is 22.9 Å². The molecule has 1 heterocycles. The molecule has 1 amide bonds. The maximum absolute atomic E-state index is 12.2. The average molecular weight is 431 g/mol. The summed E-state index contributed by atoms with van der Waals surface area (Å²) < 4.78 is 6.08. The van der Waals surface area contributed by atoms with Gasteiger partial charge in [0.15, 0.2) is 5.17 Å². The van der Waals surface area contributed by atoms with Gasteiger partial charge in [-0.3, -0.25) is 9.79 Å². The molecular weight excluding hydrogens is 412 g/mol. The van der Waals surface area contributed by atoms with Crippen LogP contribution in [0, 0.1) is 13.8 Å². The first-order valence-corrected chi connectivity index (χ1v) is 9.71. The molecule has 0 bridgehead atoms. The van der Waals surface area contributed by atoms with Crippen LogP contribution in [0.2, 0.25) is 0 Å². The molecule has 26 heavy (non-hydrogen) atoms. The van der Waals surface area contributed by atoms with E-state index in [-0.39, 0.29) is 5.91 Å². The molecule has 4 nitrogen and oxygen atoms in total. The zero-order valence-corrected chi connectivity index (χ0v) is 17.2. The molecule has 1 fully saturated rings. The molecule has 0 saturated carbocycles. The monoisotopic (exact) mass is 430 g/mol. The van der Waals surface area contributed by atoms with Crippen LogP contribution in [0.4, 0.5) is 0 Å². The Morgan fingerprint density at radius 2 is 1.92 bits per heavy atom. The van der Waals surface area contributed by atoms with Gasteiger partial charge < -0.3 is 10.1 Å². The molecule has 1 aliphatic heterocycles. The normalized spacial score (nSPS) is 17.0. The maximum atomic E-state index is 12.2. The second-order valence-electron chi connectivity index (χ2n) is 6.08. The Balaban J connectivity index is 1.74. The summed E-state index contributed by atoms with van der Waals surface area (Å²) in [4.78, 5) is 17.4. The summed E-state index contributed by atoms with van der Waals surface area (Å²) in [6.45, 7) is 4.69. The number of hydrogen-bond acceptors (Lipinski definition) is 4. The number of benzene rings is 2. The first-order chi connectivity index (χ1) is 12.4. The van der Waals surface area contributed by atoms with E-state index in [9.17, 15) is 4.79 Å². The minimum Gasteiger partial charge on any atom is -0.496 e. The number of amidine groups is 1. The van der Waals surface area contributed by atoms with Gasteiger partial charge in [0.05, 0.1) is 23.0 Å². The summed E-state index contributed by atoms with van der Waals surface area (Å²) in [5.41, 5.74) is 4.50. The van der Waals surface area contributed by atoms with Crippen molar-refractivity contribution in [2.24, 2.45) is 4.99 Å². The molecule has 0 aromatic heterocycles. The second kappa shape index (κ2) is 8.10. The van der Waals surface area contributed by atoms with Crippen molar-refractivity contribution in [3.05, 3.63) is 68.0 Å². The van der Waals surface area contributed by atoms with Crippen molar-refractivity contribution in [1.82, 2.24) is 5.32 Å². The Morgan fingerprint density at radius 1 is 1.19 bits per heavy atom. The molecule has 2 aromatic rings. The van der Waals surface area contributed by atoms with Crippen LogP contribution < -0.4 is 10.1 Å². The first-order valence-electron chi connectivity index (χ1n) is 8.10. The molecule has 6 heteroatoms. The highest BCUT2D eigenvalue weighted by molar-refractivity contribution is 9.10. The lowest BCUT2D eigenvalue weighted by Crippen LogP contribution is -2.19. The average Bonchev–Trinajstić information content (AvgIpc) is 2.92. The van der Waals surface area contributed by atoms with Gasteiger partial charge in [-0.1, -0.05) is 35.4 Å². The van der Waals surface area contributed by atoms with Crippen LogP contribution in [-0.4, -0.2) is 18.2 Å². The quantitative estimate of drug-likeness (QED) is 0.706. The molecular formula is C20H19BrN2O2S. The van der Waals surface area contributed by atoms with Crippen molar-refractivity contribution in [1.29, 1.82) is 0 Å². The molecule has 0 radical (unpaired) electrons. The highest BCUT2D eigenvalue weighted by Crippen LogP contribution is 2.30. The fraction of sp³-hybridized carbons (Fsp3) is 0.200. The summed E-state index contributed by atoms with van der Waals surface area (Å²) in [7, 11) is 1.62. The number of halogens is 1. The number of aryl methyl sites for hydroxylation is 2. The Hall–Kier alpha value is -2.05. The fourth-order valence-electron chi connectivity index (χ4n) is 2.75. The van der Waals surface area contributed by atoms with Crippen molar-refractivity contribution in [2.75, 3.05) is 7.11 Å². The minimum atomic E-state index is -0.124. The van der Waals surface area contributed by atoms with E-state index in [2.05, 4.69) is 58.3 Å². The van der Waals surface area contributed by atoms with Crippen LogP contribution in [0.1, 0.15) is 22.3 Å². The molecule has 3 rings (SSSR count). The number of carbonyl (C=O) groups is 1. The van der Waals surface area contributed by atoms with Gasteiger partial charge in [-0.05, 0) is 70.9 Å². The summed E-state index contributed by atoms with van der Waals surface area (Å²) >= 11 is 4.82. The third-order valence-corrected chi connectivity index (χ3v) is 5.38. The van der Waals surface area contributed by atoms with Gasteiger partial charge in [0.1, 0.15) is 5.75 Å². The Kier molecular flexibility index (Phi) is 5.84. The topological polar surface area (TPSA) is 50.7 Å². The van der Waals surface area contributed by atoms with E-state index in [1.807, 2.05) is 24.3 Å². The third-order valence-electron chi connectivity index (χ3n) is 3.81. The van der Waals surface area contributed by atoms with Gasteiger partial charge in [0.25, 0.3) is 5.91 Å². The molecule has 2 aromatic carbocycles. The molecule has 1 aliphatic rings. The smallest absolute Gasteiger partial charge is 0.264 e. The fourth-order valence-corrected chi connectivity index (χ4v) is 4.13. The summed E-state index contributed by atoms with van der Waals surface area (Å²) in [5.74, 6) is 0.632. The van der Waals surface area contributed by atoms with Crippen molar-refractivity contribution >= 4 is 44.8 Å². The van der Waals surface area contributed by atoms with Crippen LogP contribution in [0.3, 0.4) is 0 Å². The molecule has 0 aliphatic carbocycles. The third kappa shape index (κ3) is 4.56. The van der Waals surface area contributed by atoms with Crippen molar-refractivity contribution in [3.63, 3.8) is 0 Å². The van der Waals surface area contributed by atoms with Crippen molar-refractivity contribution in [3.8, 4) is 5.75 Å². The van der Waals surface area contributed by atoms with Crippen LogP contribution in [0.5, 0.6) is 5.75 Å². The highest BCUT2D eigenvalue weighted by atomic mass is 79.9. The zero-order valence-electron chi connectivity index (χ0n) is 14.8. The molecule has 134 valence electrons. The SMILES string of the molecule is COc1ccc(/C=C2\SC(=NCc3cc(C)cc(C)c3)NC2=O)cc1Br. The minimum absolute atomic E-state index is 0.124. The molecule has 0 spiro atoms. The number of nitrogens with zero attached hydrogens (tertiary/aromatic N) is 1. The lowest BCUT2D eigenvalue weighted by atomic mass is 10.1. The van der Waals surface area contributed by atoms with Crippen molar-refractivity contribution in [2.45, 2.75) is 20.4 Å². The van der Waals surface area contributed by atoms with E-state index in [1.54, 1.807) is 7.11 Å². The number of carbonyl (C=O) groups excluding carboxylic acids is 1. The Morgan fingerprint density at radius 3 is 2.58 bits per heavy atom. The first kappa shape index (κ1) is 18.7. The van der Waals surface area contributed by atoms with Crippen molar-refractivity contribution < 1.29 is 9.53 Å². The zero-order chi connectivity index (χ0) is 18.7. The standard InChI is InChI=1S/C20H19BrN2O2S/c1-12-6-13(2)8-15(7-12)11-22-20-23-19(24)18(26-20)10-14-4-5-17(25-3)16(21)9-14/h4-10H,11H2,1-3H3,(H,22,23,24)/b18-10-. The summed E-state index contributed by atoms with van der Waals surface area (Å²) in [6.07, 6.45) is 1.85. The predicted molar refractivity (Wildman–Crippen MR) is 111 cm³/mol. The van der Waals surface area contributed by atoms with Gasteiger partial charge in [-0.15, -0.1) is 0 Å². The maximum Gasteiger partial charge on any atom is 0.264 e. The number of ether oxygens (including phenoxy) is 1. The lowest BCUT2D eigenvalue weighted by molar-refractivity contribution is -0.115. The number of thioether (sulfide) groups is 1. The Bertz CT molecular complexity index is 902. The number of rotatable bonds is 4. The van der Waals surface area contributed by atoms with E-state index in [0.717, 1.165) is 21.3 Å². The highest BCUT2D eigenvalue weighted by Gasteiger charge is 2.23. The second-order valence-corrected chi connectivity index (χ2v) is 7.96. The molecule has 0 atom stereocenters. The predicted octanol–water partition coefficient (Wildman–Crippen LogP) is 4.83. The Labute approximate surface area is 165 Å². The van der Waals surface area contributed by atoms with Gasteiger partial charge in [0.2, 0.25) is 0 Å². The van der Waals surface area contributed by atoms with E-state index < -0.39 is 0 Å². The molecule has 1 N–H and O–H groups in total. The number of aliphatic imine (C=N–C) groups is 1. The number of nitrogens with one attached hydrogen (secondary N) is 1.